The first-order valence-electron chi connectivity index (χ1n) is 10.4. The number of hydrogen-bond donors (Lipinski definition) is 0. The summed E-state index contributed by atoms with van der Waals surface area (Å²) < 4.78 is 5.22. The lowest BCUT2D eigenvalue weighted by Gasteiger charge is -2.40. The van der Waals surface area contributed by atoms with E-state index in [1.807, 2.05) is 13.8 Å². The van der Waals surface area contributed by atoms with E-state index in [0.29, 0.717) is 6.42 Å². The molecule has 5 heteroatoms. The maximum absolute atomic E-state index is 12.9. The molecule has 4 rings (SSSR count). The van der Waals surface area contributed by atoms with Crippen molar-refractivity contribution in [1.29, 1.82) is 0 Å². The lowest BCUT2D eigenvalue weighted by atomic mass is 9.79. The molecule has 1 atom stereocenters. The van der Waals surface area contributed by atoms with Gasteiger partial charge in [-0.15, -0.1) is 0 Å². The maximum atomic E-state index is 12.9. The topological polar surface area (TPSA) is 49.6 Å². The second kappa shape index (κ2) is 7.70. The molecule has 28 heavy (non-hydrogen) atoms. The molecule has 1 aromatic heterocycles. The second-order valence-electron chi connectivity index (χ2n) is 8.85. The number of carbonyl (C=O) groups excluding carboxylic acids is 1. The fourth-order valence-corrected chi connectivity index (χ4v) is 5.01. The zero-order chi connectivity index (χ0) is 19.7. The number of rotatable bonds is 4. The van der Waals surface area contributed by atoms with Gasteiger partial charge in [-0.1, -0.05) is 35.0 Å². The number of amides is 1. The van der Waals surface area contributed by atoms with Crippen LogP contribution in [-0.2, 0) is 17.8 Å². The molecule has 1 aromatic carbocycles. The molecule has 3 heterocycles. The van der Waals surface area contributed by atoms with Crippen molar-refractivity contribution in [2.45, 2.75) is 53.0 Å². The van der Waals surface area contributed by atoms with Crippen LogP contribution in [0.1, 0.15) is 47.4 Å². The molecular weight excluding hydrogens is 350 g/mol. The van der Waals surface area contributed by atoms with Gasteiger partial charge in [0, 0.05) is 37.2 Å². The SMILES string of the molecule is Cc1cccc(CN2CCC[C@@]3(CCN(C(=O)Cc4c(C)noc4C)C3)C2)c1. The Balaban J connectivity index is 1.38. The molecule has 0 N–H and O–H groups in total. The second-order valence-corrected chi connectivity index (χ2v) is 8.85. The minimum absolute atomic E-state index is 0.210. The number of benzene rings is 1. The van der Waals surface area contributed by atoms with Crippen LogP contribution in [0.4, 0.5) is 0 Å². The highest BCUT2D eigenvalue weighted by atomic mass is 16.5. The van der Waals surface area contributed by atoms with Crippen LogP contribution < -0.4 is 0 Å². The molecule has 0 aliphatic carbocycles. The van der Waals surface area contributed by atoms with Crippen molar-refractivity contribution in [3.8, 4) is 0 Å². The average molecular weight is 382 g/mol. The van der Waals surface area contributed by atoms with E-state index in [2.05, 4.69) is 46.1 Å². The molecule has 2 aromatic rings. The number of hydrogen-bond acceptors (Lipinski definition) is 4. The molecule has 0 unspecified atom stereocenters. The highest BCUT2D eigenvalue weighted by Crippen LogP contribution is 2.39. The monoisotopic (exact) mass is 381 g/mol. The van der Waals surface area contributed by atoms with Crippen molar-refractivity contribution in [3.05, 3.63) is 52.4 Å². The summed E-state index contributed by atoms with van der Waals surface area (Å²) in [5.41, 5.74) is 4.76. The number of piperidine rings is 1. The van der Waals surface area contributed by atoms with Gasteiger partial charge in [-0.05, 0) is 52.1 Å². The predicted molar refractivity (Wildman–Crippen MR) is 109 cm³/mol. The molecule has 0 radical (unpaired) electrons. The largest absolute Gasteiger partial charge is 0.361 e. The molecule has 2 saturated heterocycles. The highest BCUT2D eigenvalue weighted by molar-refractivity contribution is 5.79. The van der Waals surface area contributed by atoms with E-state index in [1.54, 1.807) is 0 Å². The first-order chi connectivity index (χ1) is 13.4. The van der Waals surface area contributed by atoms with Gasteiger partial charge in [-0.25, -0.2) is 0 Å². The van der Waals surface area contributed by atoms with Gasteiger partial charge >= 0.3 is 0 Å². The van der Waals surface area contributed by atoms with E-state index < -0.39 is 0 Å². The molecule has 2 aliphatic heterocycles. The van der Waals surface area contributed by atoms with Crippen LogP contribution in [-0.4, -0.2) is 47.0 Å². The Hall–Kier alpha value is -2.14. The Morgan fingerprint density at radius 2 is 2.04 bits per heavy atom. The van der Waals surface area contributed by atoms with Crippen LogP contribution in [0, 0.1) is 26.2 Å². The summed E-state index contributed by atoms with van der Waals surface area (Å²) >= 11 is 0. The summed E-state index contributed by atoms with van der Waals surface area (Å²) in [5, 5.41) is 3.98. The zero-order valence-electron chi connectivity index (χ0n) is 17.3. The minimum Gasteiger partial charge on any atom is -0.361 e. The molecule has 150 valence electrons. The van der Waals surface area contributed by atoms with E-state index in [4.69, 9.17) is 4.52 Å². The smallest absolute Gasteiger partial charge is 0.227 e. The Morgan fingerprint density at radius 1 is 1.18 bits per heavy atom. The van der Waals surface area contributed by atoms with Crippen LogP contribution in [0.2, 0.25) is 0 Å². The fourth-order valence-electron chi connectivity index (χ4n) is 5.01. The van der Waals surface area contributed by atoms with Crippen molar-refractivity contribution in [2.75, 3.05) is 26.2 Å². The van der Waals surface area contributed by atoms with Crippen molar-refractivity contribution >= 4 is 5.91 Å². The average Bonchev–Trinajstić information content (AvgIpc) is 3.20. The molecule has 0 bridgehead atoms. The van der Waals surface area contributed by atoms with Gasteiger partial charge in [0.2, 0.25) is 5.91 Å². The summed E-state index contributed by atoms with van der Waals surface area (Å²) in [6.07, 6.45) is 3.97. The third kappa shape index (κ3) is 4.00. The van der Waals surface area contributed by atoms with E-state index in [-0.39, 0.29) is 11.3 Å². The van der Waals surface area contributed by atoms with E-state index in [9.17, 15) is 4.79 Å². The number of aryl methyl sites for hydroxylation is 3. The number of nitrogens with zero attached hydrogens (tertiary/aromatic N) is 3. The van der Waals surface area contributed by atoms with E-state index in [1.165, 1.54) is 24.0 Å². The van der Waals surface area contributed by atoms with Gasteiger partial charge in [-0.3, -0.25) is 9.69 Å². The highest BCUT2D eigenvalue weighted by Gasteiger charge is 2.42. The third-order valence-electron chi connectivity index (χ3n) is 6.53. The Kier molecular flexibility index (Phi) is 5.28. The lowest BCUT2D eigenvalue weighted by molar-refractivity contribution is -0.130. The van der Waals surface area contributed by atoms with Gasteiger partial charge < -0.3 is 9.42 Å². The van der Waals surface area contributed by atoms with Crippen molar-refractivity contribution in [3.63, 3.8) is 0 Å². The standard InChI is InChI=1S/C23H31N3O2/c1-17-6-4-7-20(12-17)14-25-10-5-8-23(15-25)9-11-26(16-23)22(27)13-21-18(2)24-28-19(21)3/h4,6-7,12H,5,8-11,13-16H2,1-3H3/t23-/m1/s1. The molecule has 0 saturated carbocycles. The fraction of sp³-hybridized carbons (Fsp3) is 0.565. The lowest BCUT2D eigenvalue weighted by Crippen LogP contribution is -2.45. The number of aromatic nitrogens is 1. The van der Waals surface area contributed by atoms with Gasteiger partial charge in [0.15, 0.2) is 0 Å². The first kappa shape index (κ1) is 19.2. The van der Waals surface area contributed by atoms with E-state index in [0.717, 1.165) is 56.2 Å². The van der Waals surface area contributed by atoms with Crippen molar-refractivity contribution in [1.82, 2.24) is 15.0 Å². The molecule has 1 amide bonds. The Morgan fingerprint density at radius 3 is 2.79 bits per heavy atom. The predicted octanol–water partition coefficient (Wildman–Crippen LogP) is 3.66. The summed E-state index contributed by atoms with van der Waals surface area (Å²) in [4.78, 5) is 17.6. The van der Waals surface area contributed by atoms with Crippen LogP contribution in [0.25, 0.3) is 0 Å². The van der Waals surface area contributed by atoms with Crippen LogP contribution >= 0.6 is 0 Å². The minimum atomic E-state index is 0.210. The molecule has 2 fully saturated rings. The zero-order valence-corrected chi connectivity index (χ0v) is 17.3. The van der Waals surface area contributed by atoms with Gasteiger partial charge in [0.05, 0.1) is 12.1 Å². The molecule has 5 nitrogen and oxygen atoms in total. The molecular formula is C23H31N3O2. The quantitative estimate of drug-likeness (QED) is 0.811. The molecule has 2 aliphatic rings. The van der Waals surface area contributed by atoms with Crippen molar-refractivity contribution < 1.29 is 9.32 Å². The number of carbonyl (C=O) groups is 1. The summed E-state index contributed by atoms with van der Waals surface area (Å²) in [7, 11) is 0. The summed E-state index contributed by atoms with van der Waals surface area (Å²) in [6, 6.07) is 8.81. The Bertz CT molecular complexity index is 840. The van der Waals surface area contributed by atoms with Gasteiger partial charge in [-0.2, -0.15) is 0 Å². The number of likely N-dealkylation sites (tertiary alicyclic amines) is 2. The maximum Gasteiger partial charge on any atom is 0.227 e. The Labute approximate surface area is 167 Å². The van der Waals surface area contributed by atoms with Crippen LogP contribution in [0.5, 0.6) is 0 Å². The normalized spacial score (nSPS) is 22.9. The van der Waals surface area contributed by atoms with Gasteiger partial charge in [0.25, 0.3) is 0 Å². The van der Waals surface area contributed by atoms with Gasteiger partial charge in [0.1, 0.15) is 5.76 Å². The van der Waals surface area contributed by atoms with Crippen LogP contribution in [0.15, 0.2) is 28.8 Å². The van der Waals surface area contributed by atoms with E-state index >= 15 is 0 Å². The summed E-state index contributed by atoms with van der Waals surface area (Å²) in [6.45, 7) is 11.0. The molecule has 1 spiro atoms. The summed E-state index contributed by atoms with van der Waals surface area (Å²) in [5.74, 6) is 0.976. The first-order valence-corrected chi connectivity index (χ1v) is 10.4. The van der Waals surface area contributed by atoms with Crippen molar-refractivity contribution in [2.24, 2.45) is 5.41 Å². The third-order valence-corrected chi connectivity index (χ3v) is 6.53. The van der Waals surface area contributed by atoms with Crippen LogP contribution in [0.3, 0.4) is 0 Å².